The van der Waals surface area contributed by atoms with Gasteiger partial charge in [-0.1, -0.05) is 0 Å². The highest BCUT2D eigenvalue weighted by Crippen LogP contribution is 2.21. The van der Waals surface area contributed by atoms with Crippen molar-refractivity contribution >= 4 is 21.1 Å². The fourth-order valence-electron chi connectivity index (χ4n) is 2.79. The van der Waals surface area contributed by atoms with Crippen molar-refractivity contribution in [3.05, 3.63) is 28.7 Å². The number of imidazole rings is 1. The Morgan fingerprint density at radius 3 is 2.38 bits per heavy atom. The molecule has 1 aliphatic heterocycles. The van der Waals surface area contributed by atoms with Crippen LogP contribution in [0.15, 0.2) is 27.9 Å². The molecule has 1 saturated heterocycles. The highest BCUT2D eigenvalue weighted by molar-refractivity contribution is 7.89. The summed E-state index contributed by atoms with van der Waals surface area (Å²) in [6.45, 7) is 4.80. The molecule has 0 aliphatic carbocycles. The first-order chi connectivity index (χ1) is 9.86. The number of rotatable bonds is 2. The Kier molecular flexibility index (Phi) is 3.39. The molecule has 0 amide bonds. The van der Waals surface area contributed by atoms with Gasteiger partial charge in [-0.3, -0.25) is 0 Å². The number of aromatic amines is 2. The van der Waals surface area contributed by atoms with Gasteiger partial charge in [0.05, 0.1) is 15.9 Å². The molecular weight excluding hydrogens is 292 g/mol. The second-order valence-corrected chi connectivity index (χ2v) is 7.52. The van der Waals surface area contributed by atoms with E-state index in [0.29, 0.717) is 24.1 Å². The zero-order valence-corrected chi connectivity index (χ0v) is 12.7. The standard InChI is InChI=1S/C13H18N4O3S/c1-8-6-17(7-9(2)14-8)21(19,20)10-3-4-11-12(5-10)16-13(18)15-11/h3-5,8-9,14H,6-7H2,1-2H3,(H2,15,16,18). The third kappa shape index (κ3) is 2.61. The molecule has 2 heterocycles. The smallest absolute Gasteiger partial charge is 0.309 e. The van der Waals surface area contributed by atoms with Gasteiger partial charge in [-0.05, 0) is 32.0 Å². The van der Waals surface area contributed by atoms with E-state index in [2.05, 4.69) is 15.3 Å². The summed E-state index contributed by atoms with van der Waals surface area (Å²) in [5.41, 5.74) is 0.752. The van der Waals surface area contributed by atoms with Gasteiger partial charge >= 0.3 is 5.69 Å². The molecule has 3 rings (SSSR count). The van der Waals surface area contributed by atoms with Crippen molar-refractivity contribution in [3.63, 3.8) is 0 Å². The summed E-state index contributed by atoms with van der Waals surface area (Å²) in [6.07, 6.45) is 0. The number of aromatic nitrogens is 2. The molecule has 1 fully saturated rings. The molecule has 0 bridgehead atoms. The highest BCUT2D eigenvalue weighted by atomic mass is 32.2. The van der Waals surface area contributed by atoms with Crippen molar-refractivity contribution in [1.29, 1.82) is 0 Å². The Labute approximate surface area is 122 Å². The monoisotopic (exact) mass is 310 g/mol. The molecule has 0 radical (unpaired) electrons. The van der Waals surface area contributed by atoms with Crippen molar-refractivity contribution in [2.24, 2.45) is 0 Å². The Hall–Kier alpha value is -1.64. The summed E-state index contributed by atoms with van der Waals surface area (Å²) >= 11 is 0. The number of sulfonamides is 1. The predicted octanol–water partition coefficient (Wildman–Crippen LogP) is 0.227. The van der Waals surface area contributed by atoms with E-state index >= 15 is 0 Å². The first kappa shape index (κ1) is 14.3. The summed E-state index contributed by atoms with van der Waals surface area (Å²) in [6, 6.07) is 4.85. The number of hydrogen-bond donors (Lipinski definition) is 3. The third-order valence-electron chi connectivity index (χ3n) is 3.65. The zero-order chi connectivity index (χ0) is 15.2. The maximum atomic E-state index is 12.7. The highest BCUT2D eigenvalue weighted by Gasteiger charge is 2.31. The molecule has 7 nitrogen and oxygen atoms in total. The fraction of sp³-hybridized carbons (Fsp3) is 0.462. The van der Waals surface area contributed by atoms with Crippen LogP contribution in [0, 0.1) is 0 Å². The lowest BCUT2D eigenvalue weighted by Gasteiger charge is -2.35. The average Bonchev–Trinajstić information content (AvgIpc) is 2.76. The molecule has 3 N–H and O–H groups in total. The van der Waals surface area contributed by atoms with Crippen LogP contribution >= 0.6 is 0 Å². The lowest BCUT2D eigenvalue weighted by Crippen LogP contribution is -2.55. The van der Waals surface area contributed by atoms with Crippen LogP contribution in [0.5, 0.6) is 0 Å². The van der Waals surface area contributed by atoms with Gasteiger partial charge in [0.25, 0.3) is 0 Å². The molecular formula is C13H18N4O3S. The maximum absolute atomic E-state index is 12.7. The number of H-pyrrole nitrogens is 2. The first-order valence-electron chi connectivity index (χ1n) is 6.84. The van der Waals surface area contributed by atoms with Crippen LogP contribution in [0.1, 0.15) is 13.8 Å². The van der Waals surface area contributed by atoms with Crippen molar-refractivity contribution in [3.8, 4) is 0 Å². The van der Waals surface area contributed by atoms with E-state index in [1.54, 1.807) is 6.07 Å². The van der Waals surface area contributed by atoms with Crippen LogP contribution in [0.2, 0.25) is 0 Å². The van der Waals surface area contributed by atoms with E-state index in [-0.39, 0.29) is 22.7 Å². The molecule has 2 aromatic rings. The van der Waals surface area contributed by atoms with Crippen molar-refractivity contribution in [1.82, 2.24) is 19.6 Å². The van der Waals surface area contributed by atoms with Crippen LogP contribution in [0.25, 0.3) is 11.0 Å². The molecule has 0 spiro atoms. The largest absolute Gasteiger partial charge is 0.323 e. The topological polar surface area (TPSA) is 98.1 Å². The Balaban J connectivity index is 2.01. The SMILES string of the molecule is CC1CN(S(=O)(=O)c2ccc3[nH]c(=O)[nH]c3c2)CC(C)N1. The summed E-state index contributed by atoms with van der Waals surface area (Å²) < 4.78 is 26.9. The fourth-order valence-corrected chi connectivity index (χ4v) is 4.44. The number of piperazine rings is 1. The molecule has 1 aliphatic rings. The lowest BCUT2D eigenvalue weighted by molar-refractivity contribution is 0.263. The van der Waals surface area contributed by atoms with Crippen molar-refractivity contribution in [2.45, 2.75) is 30.8 Å². The minimum Gasteiger partial charge on any atom is -0.309 e. The molecule has 0 saturated carbocycles. The number of nitrogens with one attached hydrogen (secondary N) is 3. The lowest BCUT2D eigenvalue weighted by atomic mass is 10.2. The summed E-state index contributed by atoms with van der Waals surface area (Å²) in [5.74, 6) is 0. The van der Waals surface area contributed by atoms with Gasteiger partial charge in [-0.15, -0.1) is 0 Å². The number of hydrogen-bond acceptors (Lipinski definition) is 4. The van der Waals surface area contributed by atoms with Gasteiger partial charge in [0, 0.05) is 25.2 Å². The number of nitrogens with zero attached hydrogens (tertiary/aromatic N) is 1. The van der Waals surface area contributed by atoms with Crippen LogP contribution < -0.4 is 11.0 Å². The van der Waals surface area contributed by atoms with E-state index in [4.69, 9.17) is 0 Å². The van der Waals surface area contributed by atoms with E-state index in [1.165, 1.54) is 16.4 Å². The number of benzene rings is 1. The molecule has 1 aromatic carbocycles. The van der Waals surface area contributed by atoms with Gasteiger partial charge in [0.15, 0.2) is 0 Å². The van der Waals surface area contributed by atoms with E-state index in [9.17, 15) is 13.2 Å². The van der Waals surface area contributed by atoms with Gasteiger partial charge in [0.2, 0.25) is 10.0 Å². The van der Waals surface area contributed by atoms with Gasteiger partial charge in [-0.25, -0.2) is 13.2 Å². The minimum absolute atomic E-state index is 0.110. The maximum Gasteiger partial charge on any atom is 0.323 e. The average molecular weight is 310 g/mol. The quantitative estimate of drug-likeness (QED) is 0.739. The third-order valence-corrected chi connectivity index (χ3v) is 5.48. The summed E-state index contributed by atoms with van der Waals surface area (Å²) in [5, 5.41) is 3.31. The Bertz CT molecular complexity index is 813. The van der Waals surface area contributed by atoms with E-state index in [1.807, 2.05) is 13.8 Å². The van der Waals surface area contributed by atoms with Crippen LogP contribution in [-0.2, 0) is 10.0 Å². The van der Waals surface area contributed by atoms with E-state index in [0.717, 1.165) is 0 Å². The molecule has 114 valence electrons. The molecule has 2 atom stereocenters. The minimum atomic E-state index is -3.55. The van der Waals surface area contributed by atoms with Gasteiger partial charge in [-0.2, -0.15) is 4.31 Å². The van der Waals surface area contributed by atoms with E-state index < -0.39 is 10.0 Å². The Morgan fingerprint density at radius 1 is 1.10 bits per heavy atom. The van der Waals surface area contributed by atoms with Gasteiger partial charge in [0.1, 0.15) is 0 Å². The van der Waals surface area contributed by atoms with Crippen molar-refractivity contribution < 1.29 is 8.42 Å². The van der Waals surface area contributed by atoms with Crippen molar-refractivity contribution in [2.75, 3.05) is 13.1 Å². The Morgan fingerprint density at radius 2 is 1.71 bits per heavy atom. The zero-order valence-electron chi connectivity index (χ0n) is 11.9. The second-order valence-electron chi connectivity index (χ2n) is 5.58. The molecule has 8 heteroatoms. The van der Waals surface area contributed by atoms with Gasteiger partial charge < -0.3 is 15.3 Å². The predicted molar refractivity (Wildman–Crippen MR) is 79.7 cm³/mol. The van der Waals surface area contributed by atoms with Crippen LogP contribution in [-0.4, -0.2) is 47.9 Å². The van der Waals surface area contributed by atoms with Crippen LogP contribution in [0.3, 0.4) is 0 Å². The second kappa shape index (κ2) is 4.97. The summed E-state index contributed by atoms with van der Waals surface area (Å²) in [7, 11) is -3.55. The van der Waals surface area contributed by atoms with Crippen LogP contribution in [0.4, 0.5) is 0 Å². The summed E-state index contributed by atoms with van der Waals surface area (Å²) in [4.78, 5) is 16.6. The molecule has 2 unspecified atom stereocenters. The number of fused-ring (bicyclic) bond motifs is 1. The molecule has 21 heavy (non-hydrogen) atoms. The first-order valence-corrected chi connectivity index (χ1v) is 8.28. The molecule has 1 aromatic heterocycles. The normalized spacial score (nSPS) is 24.5.